The Kier molecular flexibility index (Phi) is 11.3. The minimum atomic E-state index is -2.89. The van der Waals surface area contributed by atoms with Crippen LogP contribution < -0.4 is 0 Å². The molecule has 0 saturated heterocycles. The summed E-state index contributed by atoms with van der Waals surface area (Å²) in [4.78, 5) is 0. The third-order valence-corrected chi connectivity index (χ3v) is 6.70. The van der Waals surface area contributed by atoms with Crippen molar-refractivity contribution in [3.05, 3.63) is 0 Å². The molecule has 5 nitrogen and oxygen atoms in total. The van der Waals surface area contributed by atoms with Crippen LogP contribution >= 0.6 is 7.60 Å². The predicted molar refractivity (Wildman–Crippen MR) is 76.1 cm³/mol. The van der Waals surface area contributed by atoms with E-state index < -0.39 is 17.1 Å². The molecule has 0 fully saturated rings. The fraction of sp³-hybridized carbons (Fsp3) is 1.00. The summed E-state index contributed by atoms with van der Waals surface area (Å²) in [6, 6.07) is 0.835. The highest BCUT2D eigenvalue weighted by Gasteiger charge is 2.23. The van der Waals surface area contributed by atoms with E-state index in [0.29, 0.717) is 32.6 Å². The Morgan fingerprint density at radius 1 is 0.944 bits per heavy atom. The quantitative estimate of drug-likeness (QED) is 0.314. The summed E-state index contributed by atoms with van der Waals surface area (Å²) < 4.78 is 33.7. The standard InChI is InChI=1S/C11H27O5PSi/c1-5-13-11(14-6-2)18-10-9-17(12,15-7-3)16-8-4/h11H,5-10,18H2,1-4H3. The fourth-order valence-electron chi connectivity index (χ4n) is 1.60. The van der Waals surface area contributed by atoms with E-state index in [1.54, 1.807) is 0 Å². The summed E-state index contributed by atoms with van der Waals surface area (Å²) in [5, 5.41) is 0. The Bertz CT molecular complexity index is 223. The SMILES string of the molecule is CCOC(OCC)[SiH2]CCP(=O)(OCC)OCC. The zero-order chi connectivity index (χ0) is 13.9. The molecular formula is C11H27O5PSi. The van der Waals surface area contributed by atoms with Crippen LogP contribution in [0.5, 0.6) is 0 Å². The lowest BCUT2D eigenvalue weighted by atomic mass is 10.8. The average Bonchev–Trinajstić information content (AvgIpc) is 2.30. The summed E-state index contributed by atoms with van der Waals surface area (Å²) in [7, 11) is -3.48. The van der Waals surface area contributed by atoms with Crippen molar-refractivity contribution in [3.8, 4) is 0 Å². The molecule has 0 rings (SSSR count). The van der Waals surface area contributed by atoms with Crippen LogP contribution in [-0.4, -0.2) is 48.0 Å². The minimum Gasteiger partial charge on any atom is -0.357 e. The molecule has 0 aromatic heterocycles. The largest absolute Gasteiger partial charge is 0.357 e. The molecule has 0 atom stereocenters. The second kappa shape index (κ2) is 11.1. The van der Waals surface area contributed by atoms with Crippen LogP contribution in [0.3, 0.4) is 0 Å². The highest BCUT2D eigenvalue weighted by Crippen LogP contribution is 2.48. The molecule has 0 aliphatic heterocycles. The minimum absolute atomic E-state index is 0.0864. The van der Waals surface area contributed by atoms with E-state index in [1.165, 1.54) is 0 Å². The van der Waals surface area contributed by atoms with Gasteiger partial charge in [-0.25, -0.2) is 0 Å². The van der Waals surface area contributed by atoms with Crippen molar-refractivity contribution >= 4 is 17.1 Å². The summed E-state index contributed by atoms with van der Waals surface area (Å²) in [6.45, 7) is 9.67. The van der Waals surface area contributed by atoms with Gasteiger partial charge < -0.3 is 18.5 Å². The van der Waals surface area contributed by atoms with Gasteiger partial charge in [-0.1, -0.05) is 0 Å². The van der Waals surface area contributed by atoms with Gasteiger partial charge in [0.2, 0.25) is 0 Å². The summed E-state index contributed by atoms with van der Waals surface area (Å²) in [6.07, 6.45) is 0.470. The zero-order valence-corrected chi connectivity index (χ0v) is 14.3. The van der Waals surface area contributed by atoms with Gasteiger partial charge in [-0.3, -0.25) is 4.57 Å². The lowest BCUT2D eigenvalue weighted by molar-refractivity contribution is -0.0826. The molecule has 0 radical (unpaired) electrons. The van der Waals surface area contributed by atoms with E-state index in [1.807, 2.05) is 27.7 Å². The van der Waals surface area contributed by atoms with Crippen LogP contribution in [0.1, 0.15) is 27.7 Å². The molecule has 110 valence electrons. The van der Waals surface area contributed by atoms with Crippen LogP contribution in [0.2, 0.25) is 6.04 Å². The topological polar surface area (TPSA) is 54.0 Å². The van der Waals surface area contributed by atoms with Gasteiger partial charge in [0.25, 0.3) is 0 Å². The molecule has 0 aliphatic rings. The molecule has 0 N–H and O–H groups in total. The Morgan fingerprint density at radius 2 is 1.44 bits per heavy atom. The average molecular weight is 298 g/mol. The van der Waals surface area contributed by atoms with Crippen LogP contribution in [0.15, 0.2) is 0 Å². The van der Waals surface area contributed by atoms with Crippen molar-refractivity contribution in [2.45, 2.75) is 39.7 Å². The smallest absolute Gasteiger partial charge is 0.330 e. The van der Waals surface area contributed by atoms with Gasteiger partial charge in [-0.2, -0.15) is 0 Å². The van der Waals surface area contributed by atoms with Crippen molar-refractivity contribution in [3.63, 3.8) is 0 Å². The molecule has 18 heavy (non-hydrogen) atoms. The molecular weight excluding hydrogens is 271 g/mol. The maximum atomic E-state index is 12.2. The monoisotopic (exact) mass is 298 g/mol. The highest BCUT2D eigenvalue weighted by molar-refractivity contribution is 7.53. The lowest BCUT2D eigenvalue weighted by Gasteiger charge is -2.19. The van der Waals surface area contributed by atoms with E-state index in [9.17, 15) is 4.57 Å². The predicted octanol–water partition coefficient (Wildman–Crippen LogP) is 2.20. The Morgan fingerprint density at radius 3 is 1.83 bits per heavy atom. The van der Waals surface area contributed by atoms with Gasteiger partial charge in [0.1, 0.15) is 5.91 Å². The molecule has 7 heteroatoms. The Balaban J connectivity index is 4.06. The number of rotatable bonds is 12. The zero-order valence-electron chi connectivity index (χ0n) is 12.0. The van der Waals surface area contributed by atoms with E-state index >= 15 is 0 Å². The molecule has 0 aromatic rings. The van der Waals surface area contributed by atoms with Crippen LogP contribution in [0.4, 0.5) is 0 Å². The van der Waals surface area contributed by atoms with Crippen LogP contribution in [0.25, 0.3) is 0 Å². The first-order chi connectivity index (χ1) is 8.61. The van der Waals surface area contributed by atoms with E-state index in [2.05, 4.69) is 0 Å². The second-order valence-corrected chi connectivity index (χ2v) is 7.79. The first-order valence-electron chi connectivity index (χ1n) is 6.73. The third kappa shape index (κ3) is 8.40. The van der Waals surface area contributed by atoms with Gasteiger partial charge >= 0.3 is 7.60 Å². The van der Waals surface area contributed by atoms with Gasteiger partial charge in [0.05, 0.1) is 22.7 Å². The van der Waals surface area contributed by atoms with Gasteiger partial charge in [0, 0.05) is 19.4 Å². The number of hydrogen-bond donors (Lipinski definition) is 0. The molecule has 0 spiro atoms. The van der Waals surface area contributed by atoms with Crippen molar-refractivity contribution in [1.29, 1.82) is 0 Å². The maximum absolute atomic E-state index is 12.2. The molecule has 0 heterocycles. The van der Waals surface area contributed by atoms with Gasteiger partial charge in [0.15, 0.2) is 0 Å². The molecule has 0 aromatic carbocycles. The molecule has 0 saturated carbocycles. The van der Waals surface area contributed by atoms with Crippen molar-refractivity contribution in [1.82, 2.24) is 0 Å². The first-order valence-corrected chi connectivity index (χ1v) is 10.3. The summed E-state index contributed by atoms with van der Waals surface area (Å²) in [5.74, 6) is -0.0864. The summed E-state index contributed by atoms with van der Waals surface area (Å²) in [5.41, 5.74) is 0. The number of ether oxygens (including phenoxy) is 2. The van der Waals surface area contributed by atoms with Crippen molar-refractivity contribution in [2.24, 2.45) is 0 Å². The second-order valence-electron chi connectivity index (χ2n) is 3.65. The van der Waals surface area contributed by atoms with E-state index in [0.717, 1.165) is 6.04 Å². The molecule has 0 aliphatic carbocycles. The van der Waals surface area contributed by atoms with E-state index in [-0.39, 0.29) is 5.91 Å². The lowest BCUT2D eigenvalue weighted by Crippen LogP contribution is -2.25. The molecule has 0 bridgehead atoms. The van der Waals surface area contributed by atoms with Crippen molar-refractivity contribution in [2.75, 3.05) is 32.6 Å². The third-order valence-electron chi connectivity index (χ3n) is 2.23. The highest BCUT2D eigenvalue weighted by atomic mass is 31.2. The maximum Gasteiger partial charge on any atom is 0.330 e. The van der Waals surface area contributed by atoms with Crippen molar-refractivity contribution < 1.29 is 23.1 Å². The number of hydrogen-bond acceptors (Lipinski definition) is 5. The summed E-state index contributed by atoms with van der Waals surface area (Å²) >= 11 is 0. The molecule has 0 amide bonds. The molecule has 0 unspecified atom stereocenters. The van der Waals surface area contributed by atoms with Gasteiger partial charge in [-0.05, 0) is 33.7 Å². The normalized spacial score (nSPS) is 12.9. The Hall–Kier alpha value is 0.287. The Labute approximate surface area is 113 Å². The van der Waals surface area contributed by atoms with Crippen LogP contribution in [-0.2, 0) is 23.1 Å². The first kappa shape index (κ1) is 18.3. The van der Waals surface area contributed by atoms with Gasteiger partial charge in [-0.15, -0.1) is 0 Å². The van der Waals surface area contributed by atoms with E-state index in [4.69, 9.17) is 18.5 Å². The van der Waals surface area contributed by atoms with Crippen LogP contribution in [0, 0.1) is 0 Å². The fourth-order valence-corrected chi connectivity index (χ4v) is 6.14.